The Morgan fingerprint density at radius 1 is 1.33 bits per heavy atom. The van der Waals surface area contributed by atoms with Gasteiger partial charge in [-0.1, -0.05) is 22.4 Å². The Bertz CT molecular complexity index is 538. The molecule has 2 atom stereocenters. The first-order valence-corrected chi connectivity index (χ1v) is 8.35. The second-order valence-electron chi connectivity index (χ2n) is 5.91. The zero-order chi connectivity index (χ0) is 14.8. The molecule has 1 aromatic rings. The highest BCUT2D eigenvalue weighted by molar-refractivity contribution is 9.10. The lowest BCUT2D eigenvalue weighted by Gasteiger charge is -2.32. The van der Waals surface area contributed by atoms with E-state index in [2.05, 4.69) is 26.1 Å². The van der Waals surface area contributed by atoms with E-state index in [0.29, 0.717) is 18.6 Å². The summed E-state index contributed by atoms with van der Waals surface area (Å²) in [6, 6.07) is 6.37. The number of halogens is 1. The number of nitrogens with zero attached hydrogens (tertiary/aromatic N) is 2. The summed E-state index contributed by atoms with van der Waals surface area (Å²) in [6.45, 7) is 2.94. The minimum absolute atomic E-state index is 0.190. The number of hydrogen-bond acceptors (Lipinski definition) is 4. The Hall–Kier alpha value is -0.980. The average Bonchev–Trinajstić information content (AvgIpc) is 2.89. The molecule has 5 nitrogen and oxygen atoms in total. The van der Waals surface area contributed by atoms with Gasteiger partial charge in [0, 0.05) is 41.3 Å². The summed E-state index contributed by atoms with van der Waals surface area (Å²) in [7, 11) is 0. The maximum absolute atomic E-state index is 11.1. The average molecular weight is 354 g/mol. The van der Waals surface area contributed by atoms with Crippen molar-refractivity contribution in [3.05, 3.63) is 38.3 Å². The molecule has 2 unspecified atom stereocenters. The van der Waals surface area contributed by atoms with Gasteiger partial charge in [0.15, 0.2) is 0 Å². The summed E-state index contributed by atoms with van der Waals surface area (Å²) in [6.07, 6.45) is 5.01. The van der Waals surface area contributed by atoms with E-state index >= 15 is 0 Å². The molecule has 3 rings (SSSR count). The van der Waals surface area contributed by atoms with Gasteiger partial charge in [-0.25, -0.2) is 0 Å². The summed E-state index contributed by atoms with van der Waals surface area (Å²) in [5.74, 6) is 0. The van der Waals surface area contributed by atoms with Crippen LogP contribution in [0.15, 0.2) is 22.7 Å². The Morgan fingerprint density at radius 3 is 3.00 bits per heavy atom. The predicted octanol–water partition coefficient (Wildman–Crippen LogP) is 3.07. The normalized spacial score (nSPS) is 25.8. The SMILES string of the molecule is O=[N+]([O-])c1cc(Br)ccc1CNC1CCN2CCCCC12. The molecule has 21 heavy (non-hydrogen) atoms. The third-order valence-electron chi connectivity index (χ3n) is 4.65. The van der Waals surface area contributed by atoms with E-state index < -0.39 is 0 Å². The smallest absolute Gasteiger partial charge is 0.275 e. The highest BCUT2D eigenvalue weighted by atomic mass is 79.9. The van der Waals surface area contributed by atoms with Gasteiger partial charge < -0.3 is 5.32 Å². The number of fused-ring (bicyclic) bond motifs is 1. The van der Waals surface area contributed by atoms with Crippen molar-refractivity contribution in [2.45, 2.75) is 44.3 Å². The summed E-state index contributed by atoms with van der Waals surface area (Å²) < 4.78 is 0.747. The minimum atomic E-state index is -0.302. The summed E-state index contributed by atoms with van der Waals surface area (Å²) >= 11 is 3.30. The molecule has 6 heteroatoms. The van der Waals surface area contributed by atoms with Gasteiger partial charge in [0.05, 0.1) is 4.92 Å². The van der Waals surface area contributed by atoms with Gasteiger partial charge >= 0.3 is 0 Å². The predicted molar refractivity (Wildman–Crippen MR) is 85.3 cm³/mol. The Morgan fingerprint density at radius 2 is 2.19 bits per heavy atom. The van der Waals surface area contributed by atoms with E-state index in [-0.39, 0.29) is 10.6 Å². The largest absolute Gasteiger partial charge is 0.308 e. The molecule has 2 saturated heterocycles. The number of nitro groups is 1. The van der Waals surface area contributed by atoms with Crippen molar-refractivity contribution in [3.8, 4) is 0 Å². The Balaban J connectivity index is 1.66. The molecule has 0 spiro atoms. The van der Waals surface area contributed by atoms with Gasteiger partial charge in [0.2, 0.25) is 0 Å². The molecule has 0 bridgehead atoms. The molecule has 2 aliphatic heterocycles. The van der Waals surface area contributed by atoms with Crippen molar-refractivity contribution in [1.82, 2.24) is 10.2 Å². The molecular formula is C15H20BrN3O2. The van der Waals surface area contributed by atoms with Crippen LogP contribution < -0.4 is 5.32 Å². The fraction of sp³-hybridized carbons (Fsp3) is 0.600. The zero-order valence-electron chi connectivity index (χ0n) is 11.9. The second kappa shape index (κ2) is 6.42. The van der Waals surface area contributed by atoms with Crippen LogP contribution in [-0.2, 0) is 6.54 Å². The molecule has 0 amide bonds. The number of benzene rings is 1. The van der Waals surface area contributed by atoms with Gasteiger partial charge in [0.1, 0.15) is 0 Å². The minimum Gasteiger partial charge on any atom is -0.308 e. The van der Waals surface area contributed by atoms with Crippen LogP contribution >= 0.6 is 15.9 Å². The third kappa shape index (κ3) is 3.27. The zero-order valence-corrected chi connectivity index (χ0v) is 13.5. The summed E-state index contributed by atoms with van der Waals surface area (Å²) in [5, 5.41) is 14.7. The number of hydrogen-bond donors (Lipinski definition) is 1. The van der Waals surface area contributed by atoms with E-state index in [9.17, 15) is 10.1 Å². The van der Waals surface area contributed by atoms with Crippen LogP contribution in [0.3, 0.4) is 0 Å². The molecule has 0 saturated carbocycles. The number of piperidine rings is 1. The van der Waals surface area contributed by atoms with Crippen LogP contribution in [0.1, 0.15) is 31.2 Å². The molecule has 0 aromatic heterocycles. The van der Waals surface area contributed by atoms with Crippen molar-refractivity contribution in [1.29, 1.82) is 0 Å². The van der Waals surface area contributed by atoms with E-state index in [1.165, 1.54) is 25.8 Å². The Labute approximate surface area is 133 Å². The molecular weight excluding hydrogens is 334 g/mol. The maximum Gasteiger partial charge on any atom is 0.275 e. The molecule has 2 aliphatic rings. The summed E-state index contributed by atoms with van der Waals surface area (Å²) in [5.41, 5.74) is 0.952. The topological polar surface area (TPSA) is 58.4 Å². The van der Waals surface area contributed by atoms with Crippen molar-refractivity contribution in [2.75, 3.05) is 13.1 Å². The lowest BCUT2D eigenvalue weighted by Crippen LogP contribution is -2.44. The quantitative estimate of drug-likeness (QED) is 0.667. The highest BCUT2D eigenvalue weighted by Gasteiger charge is 2.35. The van der Waals surface area contributed by atoms with E-state index in [4.69, 9.17) is 0 Å². The fourth-order valence-electron chi connectivity index (χ4n) is 3.58. The number of nitro benzene ring substituents is 1. The van der Waals surface area contributed by atoms with Gasteiger partial charge in [-0.2, -0.15) is 0 Å². The van der Waals surface area contributed by atoms with Gasteiger partial charge in [-0.05, 0) is 37.9 Å². The third-order valence-corrected chi connectivity index (χ3v) is 5.15. The fourth-order valence-corrected chi connectivity index (χ4v) is 3.93. The van der Waals surface area contributed by atoms with Crippen LogP contribution in [0.5, 0.6) is 0 Å². The van der Waals surface area contributed by atoms with E-state index in [1.54, 1.807) is 6.07 Å². The van der Waals surface area contributed by atoms with Crippen molar-refractivity contribution in [3.63, 3.8) is 0 Å². The van der Waals surface area contributed by atoms with Crippen LogP contribution in [-0.4, -0.2) is 35.0 Å². The van der Waals surface area contributed by atoms with Crippen LogP contribution in [0, 0.1) is 10.1 Å². The first kappa shape index (κ1) is 14.9. The van der Waals surface area contributed by atoms with Crippen molar-refractivity contribution < 1.29 is 4.92 Å². The van der Waals surface area contributed by atoms with Gasteiger partial charge in [-0.3, -0.25) is 15.0 Å². The molecule has 1 N–H and O–H groups in total. The molecule has 1 aromatic carbocycles. The first-order chi connectivity index (χ1) is 10.1. The molecule has 0 aliphatic carbocycles. The van der Waals surface area contributed by atoms with Crippen molar-refractivity contribution >= 4 is 21.6 Å². The van der Waals surface area contributed by atoms with Crippen LogP contribution in [0.4, 0.5) is 5.69 Å². The molecule has 114 valence electrons. The number of nitrogens with one attached hydrogen (secondary N) is 1. The number of rotatable bonds is 4. The molecule has 0 radical (unpaired) electrons. The van der Waals surface area contributed by atoms with E-state index in [1.807, 2.05) is 12.1 Å². The monoisotopic (exact) mass is 353 g/mol. The standard InChI is InChI=1S/C15H20BrN3O2/c16-12-5-4-11(15(9-12)19(20)21)10-17-13-6-8-18-7-2-1-3-14(13)18/h4-5,9,13-14,17H,1-3,6-8,10H2. The van der Waals surface area contributed by atoms with E-state index in [0.717, 1.165) is 23.0 Å². The first-order valence-electron chi connectivity index (χ1n) is 7.55. The van der Waals surface area contributed by atoms with Crippen LogP contribution in [0.25, 0.3) is 0 Å². The second-order valence-corrected chi connectivity index (χ2v) is 6.82. The van der Waals surface area contributed by atoms with Gasteiger partial charge in [-0.15, -0.1) is 0 Å². The lowest BCUT2D eigenvalue weighted by atomic mass is 9.99. The van der Waals surface area contributed by atoms with Gasteiger partial charge in [0.25, 0.3) is 5.69 Å². The summed E-state index contributed by atoms with van der Waals surface area (Å²) in [4.78, 5) is 13.4. The Kier molecular flexibility index (Phi) is 4.57. The molecule has 2 fully saturated rings. The highest BCUT2D eigenvalue weighted by Crippen LogP contribution is 2.28. The van der Waals surface area contributed by atoms with Crippen LogP contribution in [0.2, 0.25) is 0 Å². The lowest BCUT2D eigenvalue weighted by molar-refractivity contribution is -0.385. The molecule has 2 heterocycles. The maximum atomic E-state index is 11.1. The van der Waals surface area contributed by atoms with Crippen molar-refractivity contribution in [2.24, 2.45) is 0 Å².